The Bertz CT molecular complexity index is 677. The fraction of sp³-hybridized carbons (Fsp3) is 0.250. The van der Waals surface area contributed by atoms with Gasteiger partial charge in [-0.25, -0.2) is 0 Å². The lowest BCUT2D eigenvalue weighted by Crippen LogP contribution is -1.95. The summed E-state index contributed by atoms with van der Waals surface area (Å²) in [5, 5.41) is 20.9. The van der Waals surface area contributed by atoms with Gasteiger partial charge >= 0.3 is 0 Å². The maximum absolute atomic E-state index is 10.5. The Hall–Kier alpha value is -2.36. The maximum Gasteiger partial charge on any atom is 0.202 e. The quantitative estimate of drug-likeness (QED) is 0.824. The summed E-state index contributed by atoms with van der Waals surface area (Å²) in [4.78, 5) is 0. The van der Waals surface area contributed by atoms with E-state index in [1.807, 2.05) is 24.3 Å². The van der Waals surface area contributed by atoms with Gasteiger partial charge in [-0.2, -0.15) is 0 Å². The van der Waals surface area contributed by atoms with Crippen LogP contribution in [0.5, 0.6) is 17.5 Å². The zero-order chi connectivity index (χ0) is 13.9. The van der Waals surface area contributed by atoms with Gasteiger partial charge in [-0.1, -0.05) is 12.2 Å². The molecule has 1 aromatic heterocycles. The molecule has 102 valence electrons. The molecular formula is C16H15NO3. The number of benzene rings is 1. The van der Waals surface area contributed by atoms with E-state index in [0.717, 1.165) is 29.0 Å². The molecule has 0 amide bonds. The zero-order valence-corrected chi connectivity index (χ0v) is 11.1. The topological polar surface area (TPSA) is 54.6 Å². The van der Waals surface area contributed by atoms with Crippen molar-refractivity contribution in [1.82, 2.24) is 4.57 Å². The van der Waals surface area contributed by atoms with Crippen molar-refractivity contribution in [2.75, 3.05) is 7.11 Å². The number of aromatic nitrogens is 1. The predicted molar refractivity (Wildman–Crippen MR) is 74.9 cm³/mol. The number of methoxy groups -OCH3 is 1. The first-order chi connectivity index (χ1) is 9.70. The van der Waals surface area contributed by atoms with Crippen LogP contribution in [0.15, 0.2) is 36.4 Å². The van der Waals surface area contributed by atoms with Gasteiger partial charge in [0.2, 0.25) is 11.8 Å². The monoisotopic (exact) mass is 269 g/mol. The summed E-state index contributed by atoms with van der Waals surface area (Å²) >= 11 is 0. The molecule has 4 heteroatoms. The van der Waals surface area contributed by atoms with Crippen LogP contribution in [0.4, 0.5) is 0 Å². The number of allylic oxidation sites excluding steroid dienone is 2. The van der Waals surface area contributed by atoms with Gasteiger partial charge in [0.1, 0.15) is 5.75 Å². The van der Waals surface area contributed by atoms with E-state index in [9.17, 15) is 10.2 Å². The van der Waals surface area contributed by atoms with Crippen molar-refractivity contribution in [2.24, 2.45) is 0 Å². The van der Waals surface area contributed by atoms with Gasteiger partial charge in [-0.15, -0.1) is 0 Å². The second kappa shape index (κ2) is 3.82. The van der Waals surface area contributed by atoms with Gasteiger partial charge < -0.3 is 14.9 Å². The van der Waals surface area contributed by atoms with E-state index >= 15 is 0 Å². The van der Waals surface area contributed by atoms with E-state index in [4.69, 9.17) is 4.74 Å². The number of hydrogen-bond acceptors (Lipinski definition) is 3. The van der Waals surface area contributed by atoms with Gasteiger partial charge in [-0.05, 0) is 30.7 Å². The van der Waals surface area contributed by atoms with Crippen LogP contribution in [-0.4, -0.2) is 21.9 Å². The zero-order valence-electron chi connectivity index (χ0n) is 11.1. The molecule has 0 saturated carbocycles. The number of hydrogen-bond donors (Lipinski definition) is 2. The summed E-state index contributed by atoms with van der Waals surface area (Å²) in [5.74, 6) is 1.52. The minimum Gasteiger partial charge on any atom is -0.497 e. The van der Waals surface area contributed by atoms with Gasteiger partial charge in [0.15, 0.2) is 0 Å². The molecule has 0 unspecified atom stereocenters. The van der Waals surface area contributed by atoms with E-state index in [1.165, 1.54) is 4.57 Å². The van der Waals surface area contributed by atoms with Crippen molar-refractivity contribution in [3.8, 4) is 23.2 Å². The predicted octanol–water partition coefficient (Wildman–Crippen LogP) is 3.04. The standard InChI is InChI=1S/C16H15NO3/c1-20-12-6-4-11(5-7-12)17-15(18)13-9-2-3-10(8-9)14(13)16(17)19/h2-7,9-10,18-19H,8H2,1H3/t9-,10+. The van der Waals surface area contributed by atoms with Gasteiger partial charge in [0.05, 0.1) is 12.8 Å². The lowest BCUT2D eigenvalue weighted by Gasteiger charge is -2.10. The minimum atomic E-state index is 0.152. The van der Waals surface area contributed by atoms with E-state index in [1.54, 1.807) is 7.11 Å². The molecule has 0 radical (unpaired) electrons. The highest BCUT2D eigenvalue weighted by molar-refractivity contribution is 5.62. The molecule has 2 aromatic rings. The third kappa shape index (κ3) is 1.31. The SMILES string of the molecule is COc1ccc(-n2c(O)c3c(c2O)[C@H]2C=C[C@@H]3C2)cc1. The Morgan fingerprint density at radius 1 is 1.00 bits per heavy atom. The molecule has 0 fully saturated rings. The van der Waals surface area contributed by atoms with Crippen LogP contribution in [0, 0.1) is 0 Å². The number of nitrogens with zero attached hydrogens (tertiary/aromatic N) is 1. The van der Waals surface area contributed by atoms with Gasteiger partial charge in [0.25, 0.3) is 0 Å². The first-order valence-corrected chi connectivity index (χ1v) is 6.70. The number of aromatic hydroxyl groups is 2. The Balaban J connectivity index is 1.87. The molecule has 0 aliphatic heterocycles. The Morgan fingerprint density at radius 2 is 1.55 bits per heavy atom. The third-order valence-corrected chi connectivity index (χ3v) is 4.35. The summed E-state index contributed by atoms with van der Waals surface area (Å²) in [6, 6.07) is 7.27. The van der Waals surface area contributed by atoms with Crippen LogP contribution in [0.25, 0.3) is 5.69 Å². The molecular weight excluding hydrogens is 254 g/mol. The maximum atomic E-state index is 10.5. The first kappa shape index (κ1) is 11.5. The molecule has 2 bridgehead atoms. The summed E-state index contributed by atoms with van der Waals surface area (Å²) in [5.41, 5.74) is 2.49. The number of fused-ring (bicyclic) bond motifs is 5. The van der Waals surface area contributed by atoms with E-state index in [0.29, 0.717) is 0 Å². The van der Waals surface area contributed by atoms with Crippen molar-refractivity contribution in [1.29, 1.82) is 0 Å². The highest BCUT2D eigenvalue weighted by Crippen LogP contribution is 2.57. The second-order valence-corrected chi connectivity index (χ2v) is 5.34. The van der Waals surface area contributed by atoms with Crippen molar-refractivity contribution >= 4 is 0 Å². The second-order valence-electron chi connectivity index (χ2n) is 5.34. The molecule has 0 saturated heterocycles. The molecule has 20 heavy (non-hydrogen) atoms. The smallest absolute Gasteiger partial charge is 0.202 e. The highest BCUT2D eigenvalue weighted by Gasteiger charge is 2.41. The van der Waals surface area contributed by atoms with Crippen LogP contribution in [0.2, 0.25) is 0 Å². The van der Waals surface area contributed by atoms with Gasteiger partial charge in [-0.3, -0.25) is 4.57 Å². The molecule has 4 rings (SSSR count). The third-order valence-electron chi connectivity index (χ3n) is 4.35. The first-order valence-electron chi connectivity index (χ1n) is 6.70. The molecule has 2 aliphatic carbocycles. The van der Waals surface area contributed by atoms with Crippen molar-refractivity contribution in [3.05, 3.63) is 47.5 Å². The van der Waals surface area contributed by atoms with Crippen molar-refractivity contribution < 1.29 is 14.9 Å². The lowest BCUT2D eigenvalue weighted by atomic mass is 10.0. The van der Waals surface area contributed by atoms with Crippen LogP contribution in [-0.2, 0) is 0 Å². The van der Waals surface area contributed by atoms with Crippen LogP contribution >= 0.6 is 0 Å². The van der Waals surface area contributed by atoms with Gasteiger partial charge in [0, 0.05) is 23.0 Å². The number of rotatable bonds is 2. The van der Waals surface area contributed by atoms with Crippen molar-refractivity contribution in [3.63, 3.8) is 0 Å². The van der Waals surface area contributed by atoms with Crippen LogP contribution in [0.1, 0.15) is 29.4 Å². The van der Waals surface area contributed by atoms with Crippen LogP contribution < -0.4 is 4.74 Å². The molecule has 1 aromatic carbocycles. The molecule has 0 spiro atoms. The summed E-state index contributed by atoms with van der Waals surface area (Å²) in [6.45, 7) is 0. The Kier molecular flexibility index (Phi) is 2.19. The van der Waals surface area contributed by atoms with Crippen LogP contribution in [0.3, 0.4) is 0 Å². The fourth-order valence-corrected chi connectivity index (χ4v) is 3.42. The summed E-state index contributed by atoms with van der Waals surface area (Å²) in [7, 11) is 1.61. The average molecular weight is 269 g/mol. The largest absolute Gasteiger partial charge is 0.497 e. The molecule has 2 N–H and O–H groups in total. The lowest BCUT2D eigenvalue weighted by molar-refractivity contribution is 0.394. The molecule has 4 nitrogen and oxygen atoms in total. The van der Waals surface area contributed by atoms with E-state index in [2.05, 4.69) is 12.2 Å². The molecule has 2 aliphatic rings. The normalized spacial score (nSPS) is 22.2. The van der Waals surface area contributed by atoms with Crippen molar-refractivity contribution in [2.45, 2.75) is 18.3 Å². The Morgan fingerprint density at radius 3 is 2.05 bits per heavy atom. The minimum absolute atomic E-state index is 0.152. The Labute approximate surface area is 116 Å². The summed E-state index contributed by atoms with van der Waals surface area (Å²) in [6.07, 6.45) is 5.20. The molecule has 1 heterocycles. The average Bonchev–Trinajstić information content (AvgIpc) is 3.14. The van der Waals surface area contributed by atoms with E-state index in [-0.39, 0.29) is 23.6 Å². The molecule has 2 atom stereocenters. The summed E-state index contributed by atoms with van der Waals surface area (Å²) < 4.78 is 6.64. The number of ether oxygens (including phenoxy) is 1. The highest BCUT2D eigenvalue weighted by atomic mass is 16.5. The van der Waals surface area contributed by atoms with E-state index < -0.39 is 0 Å². The fourth-order valence-electron chi connectivity index (χ4n) is 3.42.